The molecule has 0 spiro atoms. The van der Waals surface area contributed by atoms with E-state index in [1.807, 2.05) is 12.3 Å². The van der Waals surface area contributed by atoms with Crippen molar-refractivity contribution in [3.05, 3.63) is 59.4 Å². The van der Waals surface area contributed by atoms with Crippen LogP contribution in [0.1, 0.15) is 23.1 Å². The quantitative estimate of drug-likeness (QED) is 0.905. The topological polar surface area (TPSA) is 50.9 Å². The van der Waals surface area contributed by atoms with Crippen molar-refractivity contribution in [3.8, 4) is 0 Å². The number of benzene rings is 1. The summed E-state index contributed by atoms with van der Waals surface area (Å²) in [6.45, 7) is 0. The number of rotatable bonds is 4. The van der Waals surface area contributed by atoms with E-state index in [4.69, 9.17) is 5.73 Å². The van der Waals surface area contributed by atoms with Crippen LogP contribution in [0.2, 0.25) is 0 Å². The number of nitrogen functional groups attached to an aromatic ring is 1. The molecule has 2 atom stereocenters. The third kappa shape index (κ3) is 3.08. The van der Waals surface area contributed by atoms with Crippen molar-refractivity contribution < 1.29 is 0 Å². The second-order valence-electron chi connectivity index (χ2n) is 5.95. The fourth-order valence-corrected chi connectivity index (χ4v) is 3.42. The second kappa shape index (κ2) is 6.27. The van der Waals surface area contributed by atoms with E-state index in [0.717, 1.165) is 24.1 Å². The summed E-state index contributed by atoms with van der Waals surface area (Å²) in [7, 11) is 2.05. The van der Waals surface area contributed by atoms with Gasteiger partial charge in [0.25, 0.3) is 0 Å². The molecule has 0 fully saturated rings. The van der Waals surface area contributed by atoms with Gasteiger partial charge in [0.2, 0.25) is 0 Å². The standard InChI is InChI=1S/C18H23N3/c1-20-18(11-16-12-21-9-8-17(16)19)15-7-6-13-4-2-3-5-14(13)10-15/h2-5,8-9,12,15,18,20H,6-7,10-11H2,1H3,(H2,19,21). The molecule has 0 radical (unpaired) electrons. The van der Waals surface area contributed by atoms with Gasteiger partial charge in [-0.05, 0) is 61.4 Å². The highest BCUT2D eigenvalue weighted by atomic mass is 14.9. The van der Waals surface area contributed by atoms with E-state index < -0.39 is 0 Å². The second-order valence-corrected chi connectivity index (χ2v) is 5.95. The maximum atomic E-state index is 6.06. The van der Waals surface area contributed by atoms with Gasteiger partial charge in [-0.1, -0.05) is 24.3 Å². The highest BCUT2D eigenvalue weighted by molar-refractivity contribution is 5.44. The fraction of sp³-hybridized carbons (Fsp3) is 0.389. The number of pyridine rings is 1. The summed E-state index contributed by atoms with van der Waals surface area (Å²) in [5, 5.41) is 3.49. The molecule has 1 heterocycles. The normalized spacial score (nSPS) is 19.0. The Morgan fingerprint density at radius 2 is 2.10 bits per heavy atom. The molecule has 3 nitrogen and oxygen atoms in total. The zero-order valence-corrected chi connectivity index (χ0v) is 12.5. The van der Waals surface area contributed by atoms with E-state index in [2.05, 4.69) is 41.6 Å². The molecular formula is C18H23N3. The molecule has 0 saturated carbocycles. The predicted molar refractivity (Wildman–Crippen MR) is 87.2 cm³/mol. The third-order valence-electron chi connectivity index (χ3n) is 4.71. The Bertz CT molecular complexity index is 609. The molecule has 3 rings (SSSR count). The lowest BCUT2D eigenvalue weighted by atomic mass is 9.78. The van der Waals surface area contributed by atoms with Gasteiger partial charge in [-0.25, -0.2) is 0 Å². The molecular weight excluding hydrogens is 258 g/mol. The highest BCUT2D eigenvalue weighted by Gasteiger charge is 2.25. The molecule has 0 amide bonds. The first-order valence-corrected chi connectivity index (χ1v) is 7.70. The monoisotopic (exact) mass is 281 g/mol. The zero-order valence-electron chi connectivity index (χ0n) is 12.5. The highest BCUT2D eigenvalue weighted by Crippen LogP contribution is 2.29. The maximum absolute atomic E-state index is 6.06. The lowest BCUT2D eigenvalue weighted by Gasteiger charge is -2.31. The minimum atomic E-state index is 0.449. The van der Waals surface area contributed by atoms with Crippen molar-refractivity contribution in [2.75, 3.05) is 12.8 Å². The van der Waals surface area contributed by atoms with Gasteiger partial charge in [0, 0.05) is 24.1 Å². The fourth-order valence-electron chi connectivity index (χ4n) is 3.42. The molecule has 110 valence electrons. The van der Waals surface area contributed by atoms with Gasteiger partial charge in [-0.15, -0.1) is 0 Å². The molecule has 1 aliphatic carbocycles. The number of fused-ring (bicyclic) bond motifs is 1. The number of likely N-dealkylation sites (N-methyl/N-ethyl adjacent to an activating group) is 1. The first-order valence-electron chi connectivity index (χ1n) is 7.70. The number of nitrogens with two attached hydrogens (primary N) is 1. The van der Waals surface area contributed by atoms with E-state index in [9.17, 15) is 0 Å². The van der Waals surface area contributed by atoms with Gasteiger partial charge < -0.3 is 11.1 Å². The van der Waals surface area contributed by atoms with Gasteiger partial charge in [0.1, 0.15) is 0 Å². The van der Waals surface area contributed by atoms with Crippen molar-refractivity contribution in [2.45, 2.75) is 31.7 Å². The number of hydrogen-bond acceptors (Lipinski definition) is 3. The zero-order chi connectivity index (χ0) is 14.7. The van der Waals surface area contributed by atoms with E-state index in [1.54, 1.807) is 6.20 Å². The van der Waals surface area contributed by atoms with E-state index in [1.165, 1.54) is 24.0 Å². The Kier molecular flexibility index (Phi) is 4.20. The number of aryl methyl sites for hydroxylation is 1. The summed E-state index contributed by atoms with van der Waals surface area (Å²) in [5.41, 5.74) is 11.1. The molecule has 0 aliphatic heterocycles. The van der Waals surface area contributed by atoms with E-state index >= 15 is 0 Å². The van der Waals surface area contributed by atoms with Gasteiger partial charge in [-0.3, -0.25) is 4.98 Å². The minimum absolute atomic E-state index is 0.449. The van der Waals surface area contributed by atoms with Gasteiger partial charge in [0.05, 0.1) is 0 Å². The van der Waals surface area contributed by atoms with Crippen LogP contribution in [-0.2, 0) is 19.3 Å². The smallest absolute Gasteiger partial charge is 0.0378 e. The largest absolute Gasteiger partial charge is 0.398 e. The Labute approximate surface area is 126 Å². The average molecular weight is 281 g/mol. The predicted octanol–water partition coefficient (Wildman–Crippen LogP) is 2.60. The van der Waals surface area contributed by atoms with Gasteiger partial charge in [0.15, 0.2) is 0 Å². The van der Waals surface area contributed by atoms with Gasteiger partial charge >= 0.3 is 0 Å². The van der Waals surface area contributed by atoms with Crippen molar-refractivity contribution in [3.63, 3.8) is 0 Å². The lowest BCUT2D eigenvalue weighted by molar-refractivity contribution is 0.333. The molecule has 21 heavy (non-hydrogen) atoms. The van der Waals surface area contributed by atoms with Crippen LogP contribution in [-0.4, -0.2) is 18.1 Å². The number of anilines is 1. The van der Waals surface area contributed by atoms with Crippen molar-refractivity contribution in [1.29, 1.82) is 0 Å². The van der Waals surface area contributed by atoms with Crippen molar-refractivity contribution in [2.24, 2.45) is 5.92 Å². The van der Waals surface area contributed by atoms with Crippen LogP contribution in [0.15, 0.2) is 42.7 Å². The van der Waals surface area contributed by atoms with Crippen LogP contribution < -0.4 is 11.1 Å². The molecule has 0 bridgehead atoms. The molecule has 1 aromatic carbocycles. The van der Waals surface area contributed by atoms with Gasteiger partial charge in [-0.2, -0.15) is 0 Å². The van der Waals surface area contributed by atoms with E-state index in [0.29, 0.717) is 12.0 Å². The van der Waals surface area contributed by atoms with Crippen LogP contribution in [0, 0.1) is 5.92 Å². The Hall–Kier alpha value is -1.87. The molecule has 3 N–H and O–H groups in total. The third-order valence-corrected chi connectivity index (χ3v) is 4.71. The lowest BCUT2D eigenvalue weighted by Crippen LogP contribution is -2.38. The Morgan fingerprint density at radius 1 is 1.29 bits per heavy atom. The number of hydrogen-bond donors (Lipinski definition) is 2. The average Bonchev–Trinajstić information content (AvgIpc) is 2.54. The number of aromatic nitrogens is 1. The number of nitrogens with zero attached hydrogens (tertiary/aromatic N) is 1. The molecule has 1 aromatic heterocycles. The summed E-state index contributed by atoms with van der Waals surface area (Å²) < 4.78 is 0. The summed E-state index contributed by atoms with van der Waals surface area (Å²) in [4.78, 5) is 4.21. The SMILES string of the molecule is CNC(Cc1cnccc1N)C1CCc2ccccc2C1. The van der Waals surface area contributed by atoms with Crippen LogP contribution in [0.5, 0.6) is 0 Å². The van der Waals surface area contributed by atoms with E-state index in [-0.39, 0.29) is 0 Å². The van der Waals surface area contributed by atoms with Crippen LogP contribution in [0.4, 0.5) is 5.69 Å². The van der Waals surface area contributed by atoms with Crippen LogP contribution in [0.3, 0.4) is 0 Å². The van der Waals surface area contributed by atoms with Crippen LogP contribution >= 0.6 is 0 Å². The summed E-state index contributed by atoms with van der Waals surface area (Å²) in [6, 6.07) is 11.2. The minimum Gasteiger partial charge on any atom is -0.398 e. The molecule has 0 saturated heterocycles. The summed E-state index contributed by atoms with van der Waals surface area (Å²) in [6.07, 6.45) is 8.18. The summed E-state index contributed by atoms with van der Waals surface area (Å²) in [5.74, 6) is 0.657. The number of nitrogens with one attached hydrogen (secondary N) is 1. The Morgan fingerprint density at radius 3 is 2.86 bits per heavy atom. The Balaban J connectivity index is 1.74. The van der Waals surface area contributed by atoms with Crippen LogP contribution in [0.25, 0.3) is 0 Å². The van der Waals surface area contributed by atoms with Crippen molar-refractivity contribution in [1.82, 2.24) is 10.3 Å². The van der Waals surface area contributed by atoms with Crippen molar-refractivity contribution >= 4 is 5.69 Å². The molecule has 2 unspecified atom stereocenters. The molecule has 2 aromatic rings. The first-order chi connectivity index (χ1) is 10.3. The molecule has 1 aliphatic rings. The first kappa shape index (κ1) is 14.1. The maximum Gasteiger partial charge on any atom is 0.0378 e. The summed E-state index contributed by atoms with van der Waals surface area (Å²) >= 11 is 0. The molecule has 3 heteroatoms.